The first-order valence-corrected chi connectivity index (χ1v) is 7.89. The molecule has 23 heavy (non-hydrogen) atoms. The summed E-state index contributed by atoms with van der Waals surface area (Å²) < 4.78 is 7.37. The third kappa shape index (κ3) is 3.92. The Balaban J connectivity index is 1.55. The predicted octanol–water partition coefficient (Wildman–Crippen LogP) is 0.339. The largest absolute Gasteiger partial charge is 0.366 e. The SMILES string of the molecule is CCCc1nc([C@H]2CN(C(=O)CCn3cncn3)CCO2)n[nH]1. The van der Waals surface area contributed by atoms with Gasteiger partial charge in [0.1, 0.15) is 24.6 Å². The van der Waals surface area contributed by atoms with Gasteiger partial charge >= 0.3 is 0 Å². The van der Waals surface area contributed by atoms with Gasteiger partial charge in [0.15, 0.2) is 5.82 Å². The third-order valence-electron chi connectivity index (χ3n) is 3.76. The molecule has 0 bridgehead atoms. The number of nitrogens with one attached hydrogen (secondary N) is 1. The number of aromatic nitrogens is 6. The standard InChI is InChI=1S/C14H21N7O2/c1-2-3-12-17-14(19-18-12)11-8-20(6-7-23-11)13(22)4-5-21-10-15-9-16-21/h9-11H,2-8H2,1H3,(H,17,18,19)/t11-/m1/s1. The summed E-state index contributed by atoms with van der Waals surface area (Å²) in [6, 6.07) is 0. The number of amides is 1. The van der Waals surface area contributed by atoms with Gasteiger partial charge in [0.25, 0.3) is 0 Å². The first kappa shape index (κ1) is 15.6. The summed E-state index contributed by atoms with van der Waals surface area (Å²) >= 11 is 0. The molecule has 0 aromatic carbocycles. The van der Waals surface area contributed by atoms with Gasteiger partial charge in [-0.2, -0.15) is 10.2 Å². The number of H-pyrrole nitrogens is 1. The number of rotatable bonds is 6. The summed E-state index contributed by atoms with van der Waals surface area (Å²) in [4.78, 5) is 22.5. The second-order valence-electron chi connectivity index (χ2n) is 5.50. The van der Waals surface area contributed by atoms with E-state index < -0.39 is 0 Å². The van der Waals surface area contributed by atoms with Crippen LogP contribution in [0.3, 0.4) is 0 Å². The number of hydrogen-bond donors (Lipinski definition) is 1. The van der Waals surface area contributed by atoms with Crippen molar-refractivity contribution in [3.05, 3.63) is 24.3 Å². The van der Waals surface area contributed by atoms with E-state index in [1.165, 1.54) is 6.33 Å². The van der Waals surface area contributed by atoms with E-state index >= 15 is 0 Å². The van der Waals surface area contributed by atoms with Gasteiger partial charge in [-0.15, -0.1) is 0 Å². The van der Waals surface area contributed by atoms with E-state index in [0.717, 1.165) is 18.7 Å². The molecule has 0 aliphatic carbocycles. The van der Waals surface area contributed by atoms with Crippen molar-refractivity contribution in [2.45, 2.75) is 38.8 Å². The Morgan fingerprint density at radius 1 is 1.52 bits per heavy atom. The number of ether oxygens (including phenoxy) is 1. The van der Waals surface area contributed by atoms with Crippen LogP contribution in [0.15, 0.2) is 12.7 Å². The van der Waals surface area contributed by atoms with Gasteiger partial charge in [-0.3, -0.25) is 14.6 Å². The van der Waals surface area contributed by atoms with Crippen molar-refractivity contribution < 1.29 is 9.53 Å². The molecular formula is C14H21N7O2. The van der Waals surface area contributed by atoms with E-state index in [1.54, 1.807) is 15.9 Å². The Labute approximate surface area is 134 Å². The Hall–Kier alpha value is -2.29. The number of morpholine rings is 1. The maximum absolute atomic E-state index is 12.3. The van der Waals surface area contributed by atoms with Crippen molar-refractivity contribution >= 4 is 5.91 Å². The fourth-order valence-corrected chi connectivity index (χ4v) is 2.55. The Morgan fingerprint density at radius 3 is 3.22 bits per heavy atom. The van der Waals surface area contributed by atoms with Crippen LogP contribution >= 0.6 is 0 Å². The molecule has 1 aliphatic heterocycles. The summed E-state index contributed by atoms with van der Waals surface area (Å²) in [5.41, 5.74) is 0. The monoisotopic (exact) mass is 319 g/mol. The van der Waals surface area contributed by atoms with Crippen LogP contribution in [0.4, 0.5) is 0 Å². The molecule has 0 spiro atoms. The second-order valence-corrected chi connectivity index (χ2v) is 5.50. The molecule has 2 aromatic rings. The number of aryl methyl sites for hydroxylation is 2. The maximum Gasteiger partial charge on any atom is 0.224 e. The summed E-state index contributed by atoms with van der Waals surface area (Å²) in [6.07, 6.45) is 5.07. The molecule has 1 atom stereocenters. The van der Waals surface area contributed by atoms with Crippen LogP contribution in [-0.4, -0.2) is 60.4 Å². The fraction of sp³-hybridized carbons (Fsp3) is 0.643. The molecule has 1 aliphatic rings. The first-order chi connectivity index (χ1) is 11.3. The minimum absolute atomic E-state index is 0.0816. The molecule has 0 unspecified atom stereocenters. The molecule has 0 saturated carbocycles. The van der Waals surface area contributed by atoms with Crippen LogP contribution in [0.2, 0.25) is 0 Å². The molecule has 3 rings (SSSR count). The number of hydrogen-bond acceptors (Lipinski definition) is 6. The highest BCUT2D eigenvalue weighted by Gasteiger charge is 2.27. The van der Waals surface area contributed by atoms with Crippen LogP contribution in [0.1, 0.15) is 37.5 Å². The molecule has 1 saturated heterocycles. The molecule has 0 radical (unpaired) electrons. The maximum atomic E-state index is 12.3. The second kappa shape index (κ2) is 7.32. The minimum Gasteiger partial charge on any atom is -0.366 e. The van der Waals surface area contributed by atoms with Gasteiger partial charge in [0.2, 0.25) is 5.91 Å². The average Bonchev–Trinajstić information content (AvgIpc) is 3.25. The van der Waals surface area contributed by atoms with Gasteiger partial charge in [-0.1, -0.05) is 6.92 Å². The van der Waals surface area contributed by atoms with E-state index in [0.29, 0.717) is 38.5 Å². The molecule has 124 valence electrons. The van der Waals surface area contributed by atoms with Crippen LogP contribution in [0, 0.1) is 0 Å². The number of carbonyl (C=O) groups is 1. The van der Waals surface area contributed by atoms with Crippen molar-refractivity contribution in [2.24, 2.45) is 0 Å². The molecule has 1 fully saturated rings. The van der Waals surface area contributed by atoms with E-state index in [9.17, 15) is 4.79 Å². The lowest BCUT2D eigenvalue weighted by Gasteiger charge is -2.31. The van der Waals surface area contributed by atoms with E-state index in [1.807, 2.05) is 0 Å². The lowest BCUT2D eigenvalue weighted by molar-refractivity contribution is -0.139. The first-order valence-electron chi connectivity index (χ1n) is 7.89. The molecular weight excluding hydrogens is 298 g/mol. The Morgan fingerprint density at radius 2 is 2.43 bits per heavy atom. The van der Waals surface area contributed by atoms with Crippen LogP contribution in [0.5, 0.6) is 0 Å². The number of aromatic amines is 1. The summed E-state index contributed by atoms with van der Waals surface area (Å²) in [7, 11) is 0. The van der Waals surface area contributed by atoms with Gasteiger partial charge in [-0.05, 0) is 6.42 Å². The summed E-state index contributed by atoms with van der Waals surface area (Å²) in [6.45, 7) is 4.20. The van der Waals surface area contributed by atoms with Crippen LogP contribution < -0.4 is 0 Å². The Bertz CT molecular complexity index is 625. The lowest BCUT2D eigenvalue weighted by atomic mass is 10.2. The summed E-state index contributed by atoms with van der Waals surface area (Å²) in [5.74, 6) is 1.57. The van der Waals surface area contributed by atoms with Gasteiger partial charge in [-0.25, -0.2) is 9.97 Å². The van der Waals surface area contributed by atoms with Crippen molar-refractivity contribution in [3.8, 4) is 0 Å². The van der Waals surface area contributed by atoms with E-state index in [2.05, 4.69) is 32.2 Å². The Kier molecular flexibility index (Phi) is 4.96. The zero-order valence-corrected chi connectivity index (χ0v) is 13.2. The van der Waals surface area contributed by atoms with Crippen molar-refractivity contribution in [3.63, 3.8) is 0 Å². The molecule has 9 nitrogen and oxygen atoms in total. The van der Waals surface area contributed by atoms with Crippen molar-refractivity contribution in [1.29, 1.82) is 0 Å². The van der Waals surface area contributed by atoms with Crippen molar-refractivity contribution in [1.82, 2.24) is 34.8 Å². The average molecular weight is 319 g/mol. The zero-order valence-electron chi connectivity index (χ0n) is 13.2. The number of carbonyl (C=O) groups excluding carboxylic acids is 1. The lowest BCUT2D eigenvalue weighted by Crippen LogP contribution is -2.42. The fourth-order valence-electron chi connectivity index (χ4n) is 2.55. The highest BCUT2D eigenvalue weighted by Crippen LogP contribution is 2.19. The highest BCUT2D eigenvalue weighted by atomic mass is 16.5. The minimum atomic E-state index is -0.263. The third-order valence-corrected chi connectivity index (χ3v) is 3.76. The smallest absolute Gasteiger partial charge is 0.224 e. The van der Waals surface area contributed by atoms with Gasteiger partial charge in [0.05, 0.1) is 19.7 Å². The van der Waals surface area contributed by atoms with Crippen LogP contribution in [-0.2, 0) is 22.5 Å². The molecule has 2 aromatic heterocycles. The topological polar surface area (TPSA) is 102 Å². The highest BCUT2D eigenvalue weighted by molar-refractivity contribution is 5.76. The molecule has 1 amide bonds. The van der Waals surface area contributed by atoms with Gasteiger partial charge in [0, 0.05) is 19.4 Å². The van der Waals surface area contributed by atoms with Crippen molar-refractivity contribution in [2.75, 3.05) is 19.7 Å². The molecule has 9 heteroatoms. The molecule has 1 N–H and O–H groups in total. The quantitative estimate of drug-likeness (QED) is 0.824. The normalized spacial score (nSPS) is 18.3. The van der Waals surface area contributed by atoms with Crippen LogP contribution in [0.25, 0.3) is 0 Å². The summed E-state index contributed by atoms with van der Waals surface area (Å²) in [5, 5.41) is 11.1. The number of nitrogens with zero attached hydrogens (tertiary/aromatic N) is 6. The zero-order chi connectivity index (χ0) is 16.1. The van der Waals surface area contributed by atoms with E-state index in [4.69, 9.17) is 4.74 Å². The molecule has 3 heterocycles. The predicted molar refractivity (Wildman–Crippen MR) is 80.3 cm³/mol. The van der Waals surface area contributed by atoms with Gasteiger partial charge < -0.3 is 9.64 Å². The van der Waals surface area contributed by atoms with E-state index in [-0.39, 0.29) is 12.0 Å².